The number of hydrogen-bond acceptors (Lipinski definition) is 3. The summed E-state index contributed by atoms with van der Waals surface area (Å²) in [6, 6.07) is 19.0. The molecule has 0 fully saturated rings. The van der Waals surface area contributed by atoms with Gasteiger partial charge in [-0.3, -0.25) is 0 Å². The summed E-state index contributed by atoms with van der Waals surface area (Å²) >= 11 is 1.80. The van der Waals surface area contributed by atoms with Crippen LogP contribution in [-0.2, 0) is 0 Å². The number of rotatable bonds is 1. The lowest BCUT2D eigenvalue weighted by Gasteiger charge is -2.13. The van der Waals surface area contributed by atoms with Crippen LogP contribution in [0.5, 0.6) is 0 Å². The van der Waals surface area contributed by atoms with Crippen molar-refractivity contribution in [2.45, 2.75) is 11.8 Å². The molecule has 108 valence electrons. The highest BCUT2D eigenvalue weighted by atomic mass is 32.2. The Hall–Kier alpha value is -2.26. The standard InChI is InChI=1S/C19H16N2S/c1-13-6-5-7-14-10-11-15(20-19(13)14)12-18-21(2)16-8-3-4-9-17(16)22-18/h3-12H,1-2H3. The largest absolute Gasteiger partial charge is 0.338 e. The van der Waals surface area contributed by atoms with E-state index in [4.69, 9.17) is 4.98 Å². The quantitative estimate of drug-likeness (QED) is 0.623. The van der Waals surface area contributed by atoms with Gasteiger partial charge < -0.3 is 4.90 Å². The third-order valence-corrected chi connectivity index (χ3v) is 5.15. The van der Waals surface area contributed by atoms with Gasteiger partial charge in [0.15, 0.2) is 0 Å². The fraction of sp³-hybridized carbons (Fsp3) is 0.105. The van der Waals surface area contributed by atoms with Crippen molar-refractivity contribution in [3.8, 4) is 0 Å². The highest BCUT2D eigenvalue weighted by Crippen LogP contribution is 2.45. The van der Waals surface area contributed by atoms with Crippen LogP contribution in [0.3, 0.4) is 0 Å². The summed E-state index contributed by atoms with van der Waals surface area (Å²) in [6.45, 7) is 2.11. The molecule has 0 saturated heterocycles. The Morgan fingerprint density at radius 1 is 1.00 bits per heavy atom. The molecule has 22 heavy (non-hydrogen) atoms. The Bertz CT molecular complexity index is 899. The molecule has 2 heterocycles. The number of benzene rings is 2. The maximum absolute atomic E-state index is 4.82. The summed E-state index contributed by atoms with van der Waals surface area (Å²) in [5, 5.41) is 2.40. The van der Waals surface area contributed by atoms with Crippen LogP contribution in [0.25, 0.3) is 17.0 Å². The molecule has 3 aromatic rings. The van der Waals surface area contributed by atoms with E-state index < -0.39 is 0 Å². The number of pyridine rings is 1. The van der Waals surface area contributed by atoms with Crippen LogP contribution in [0.15, 0.2) is 64.5 Å². The molecule has 2 aromatic carbocycles. The summed E-state index contributed by atoms with van der Waals surface area (Å²) < 4.78 is 0. The fourth-order valence-corrected chi connectivity index (χ4v) is 3.86. The van der Waals surface area contributed by atoms with Crippen LogP contribution < -0.4 is 4.90 Å². The molecular weight excluding hydrogens is 288 g/mol. The molecule has 0 N–H and O–H groups in total. The number of hydrogen-bond donors (Lipinski definition) is 0. The number of aryl methyl sites for hydroxylation is 1. The van der Waals surface area contributed by atoms with E-state index in [1.54, 1.807) is 11.8 Å². The number of fused-ring (bicyclic) bond motifs is 2. The lowest BCUT2D eigenvalue weighted by Crippen LogP contribution is -2.09. The fourth-order valence-electron chi connectivity index (χ4n) is 2.76. The number of anilines is 1. The van der Waals surface area contributed by atoms with Gasteiger partial charge in [-0.05, 0) is 36.8 Å². The minimum Gasteiger partial charge on any atom is -0.338 e. The van der Waals surface area contributed by atoms with Crippen molar-refractivity contribution in [2.75, 3.05) is 11.9 Å². The topological polar surface area (TPSA) is 16.1 Å². The molecule has 0 unspecified atom stereocenters. The van der Waals surface area contributed by atoms with Crippen molar-refractivity contribution in [1.29, 1.82) is 0 Å². The molecule has 3 heteroatoms. The molecule has 0 atom stereocenters. The summed E-state index contributed by atoms with van der Waals surface area (Å²) in [7, 11) is 2.11. The first-order valence-electron chi connectivity index (χ1n) is 7.31. The minimum atomic E-state index is 1.00. The van der Waals surface area contributed by atoms with E-state index in [1.807, 2.05) is 0 Å². The van der Waals surface area contributed by atoms with Crippen LogP contribution in [0.4, 0.5) is 5.69 Å². The molecule has 0 saturated carbocycles. The zero-order valence-corrected chi connectivity index (χ0v) is 13.4. The first kappa shape index (κ1) is 13.4. The van der Waals surface area contributed by atoms with Gasteiger partial charge in [-0.1, -0.05) is 48.2 Å². The zero-order valence-electron chi connectivity index (χ0n) is 12.6. The predicted octanol–water partition coefficient (Wildman–Crippen LogP) is 5.08. The Labute approximate surface area is 134 Å². The van der Waals surface area contributed by atoms with Crippen LogP contribution in [0.1, 0.15) is 11.3 Å². The van der Waals surface area contributed by atoms with E-state index in [0.29, 0.717) is 0 Å². The van der Waals surface area contributed by atoms with Gasteiger partial charge in [0.2, 0.25) is 0 Å². The van der Waals surface area contributed by atoms with Gasteiger partial charge >= 0.3 is 0 Å². The van der Waals surface area contributed by atoms with Gasteiger partial charge in [-0.2, -0.15) is 0 Å². The molecule has 4 rings (SSSR count). The first-order chi connectivity index (χ1) is 10.7. The molecule has 0 aliphatic carbocycles. The van der Waals surface area contributed by atoms with E-state index in [1.165, 1.54) is 26.6 Å². The average molecular weight is 304 g/mol. The molecule has 0 spiro atoms. The third kappa shape index (κ3) is 2.18. The summed E-state index contributed by atoms with van der Waals surface area (Å²) in [4.78, 5) is 8.34. The second kappa shape index (κ2) is 5.18. The second-order valence-electron chi connectivity index (χ2n) is 5.49. The van der Waals surface area contributed by atoms with Gasteiger partial charge in [-0.25, -0.2) is 4.98 Å². The monoisotopic (exact) mass is 304 g/mol. The maximum Gasteiger partial charge on any atom is 0.0820 e. The molecular formula is C19H16N2S. The molecule has 0 amide bonds. The summed E-state index contributed by atoms with van der Waals surface area (Å²) in [5.41, 5.74) is 4.56. The number of thioether (sulfide) groups is 1. The Kier molecular flexibility index (Phi) is 3.16. The van der Waals surface area contributed by atoms with E-state index >= 15 is 0 Å². The molecule has 2 nitrogen and oxygen atoms in total. The maximum atomic E-state index is 4.82. The predicted molar refractivity (Wildman–Crippen MR) is 95.2 cm³/mol. The smallest absolute Gasteiger partial charge is 0.0820 e. The van der Waals surface area contributed by atoms with E-state index in [9.17, 15) is 0 Å². The average Bonchev–Trinajstić information content (AvgIpc) is 2.85. The van der Waals surface area contributed by atoms with Gasteiger partial charge in [0, 0.05) is 17.3 Å². The van der Waals surface area contributed by atoms with Crippen molar-refractivity contribution in [3.05, 3.63) is 70.9 Å². The molecule has 0 bridgehead atoms. The SMILES string of the molecule is Cc1cccc2ccc(C=C3Sc4ccccc4N3C)nc12. The lowest BCUT2D eigenvalue weighted by atomic mass is 10.1. The second-order valence-corrected chi connectivity index (χ2v) is 6.56. The number of aromatic nitrogens is 1. The van der Waals surface area contributed by atoms with Gasteiger partial charge in [0.25, 0.3) is 0 Å². The summed E-state index contributed by atoms with van der Waals surface area (Å²) in [6.07, 6.45) is 2.16. The number of para-hydroxylation sites is 2. The van der Waals surface area contributed by atoms with Gasteiger partial charge in [-0.15, -0.1) is 0 Å². The number of nitrogens with zero attached hydrogens (tertiary/aromatic N) is 2. The Balaban J connectivity index is 1.76. The minimum absolute atomic E-state index is 1.00. The van der Waals surface area contributed by atoms with E-state index in [-0.39, 0.29) is 0 Å². The highest BCUT2D eigenvalue weighted by molar-refractivity contribution is 8.03. The Morgan fingerprint density at radius 2 is 1.86 bits per heavy atom. The summed E-state index contributed by atoms with van der Waals surface area (Å²) in [5.74, 6) is 0. The third-order valence-electron chi connectivity index (χ3n) is 3.99. The van der Waals surface area contributed by atoms with E-state index in [2.05, 4.69) is 79.5 Å². The van der Waals surface area contributed by atoms with Crippen LogP contribution >= 0.6 is 11.8 Å². The molecule has 0 radical (unpaired) electrons. The van der Waals surface area contributed by atoms with Crippen LogP contribution in [0, 0.1) is 6.92 Å². The van der Waals surface area contributed by atoms with Crippen molar-refractivity contribution < 1.29 is 0 Å². The first-order valence-corrected chi connectivity index (χ1v) is 8.13. The van der Waals surface area contributed by atoms with Crippen LogP contribution in [-0.4, -0.2) is 12.0 Å². The normalized spacial score (nSPS) is 15.5. The van der Waals surface area contributed by atoms with Gasteiger partial charge in [0.1, 0.15) is 0 Å². The van der Waals surface area contributed by atoms with Crippen LogP contribution in [0.2, 0.25) is 0 Å². The van der Waals surface area contributed by atoms with Crippen molar-refractivity contribution in [1.82, 2.24) is 4.98 Å². The van der Waals surface area contributed by atoms with E-state index in [0.717, 1.165) is 11.2 Å². The highest BCUT2D eigenvalue weighted by Gasteiger charge is 2.21. The van der Waals surface area contributed by atoms with Crippen molar-refractivity contribution in [3.63, 3.8) is 0 Å². The molecule has 1 aliphatic rings. The van der Waals surface area contributed by atoms with Crippen molar-refractivity contribution >= 4 is 34.4 Å². The molecule has 1 aromatic heterocycles. The zero-order chi connectivity index (χ0) is 15.1. The Morgan fingerprint density at radius 3 is 2.73 bits per heavy atom. The lowest BCUT2D eigenvalue weighted by molar-refractivity contribution is 1.18. The molecule has 1 aliphatic heterocycles. The van der Waals surface area contributed by atoms with Gasteiger partial charge in [0.05, 0.1) is 21.9 Å². The van der Waals surface area contributed by atoms with Crippen molar-refractivity contribution in [2.24, 2.45) is 0 Å².